The van der Waals surface area contributed by atoms with Gasteiger partial charge in [0.15, 0.2) is 0 Å². The van der Waals surface area contributed by atoms with Crippen molar-refractivity contribution in [3.63, 3.8) is 0 Å². The van der Waals surface area contributed by atoms with Crippen LogP contribution < -0.4 is 4.74 Å². The minimum Gasteiger partial charge on any atom is -0.479 e. The zero-order chi connectivity index (χ0) is 22.8. The first-order valence-electron chi connectivity index (χ1n) is 10.6. The minimum absolute atomic E-state index is 0.281. The van der Waals surface area contributed by atoms with Gasteiger partial charge in [0.25, 0.3) is 5.95 Å². The predicted octanol–water partition coefficient (Wildman–Crippen LogP) is 3.59. The number of aromatic nitrogens is 6. The monoisotopic (exact) mass is 442 g/mol. The molecule has 2 aromatic carbocycles. The van der Waals surface area contributed by atoms with Crippen molar-refractivity contribution in [3.8, 4) is 11.8 Å². The first-order valence-corrected chi connectivity index (χ1v) is 10.6. The molecule has 0 saturated heterocycles. The van der Waals surface area contributed by atoms with Crippen molar-refractivity contribution in [2.75, 3.05) is 13.7 Å². The predicted molar refractivity (Wildman–Crippen MR) is 123 cm³/mol. The van der Waals surface area contributed by atoms with Gasteiger partial charge in [0.1, 0.15) is 11.0 Å². The van der Waals surface area contributed by atoms with Crippen LogP contribution in [-0.2, 0) is 17.7 Å². The van der Waals surface area contributed by atoms with Crippen LogP contribution in [-0.4, -0.2) is 49.2 Å². The summed E-state index contributed by atoms with van der Waals surface area (Å²) in [6, 6.07) is 14.8. The molecule has 166 valence electrons. The Labute approximate surface area is 189 Å². The van der Waals surface area contributed by atoms with E-state index in [1.807, 2.05) is 16.8 Å². The topological polar surface area (TPSA) is 97.0 Å². The summed E-state index contributed by atoms with van der Waals surface area (Å²) in [5, 5.41) is 11.1. The van der Waals surface area contributed by atoms with Gasteiger partial charge in [0.2, 0.25) is 5.88 Å². The molecule has 5 aromatic rings. The third-order valence-corrected chi connectivity index (χ3v) is 5.36. The maximum Gasteiger partial charge on any atom is 0.341 e. The molecule has 0 amide bonds. The smallest absolute Gasteiger partial charge is 0.341 e. The number of benzene rings is 2. The van der Waals surface area contributed by atoms with Gasteiger partial charge in [0.05, 0.1) is 31.7 Å². The van der Waals surface area contributed by atoms with E-state index in [0.717, 1.165) is 6.42 Å². The van der Waals surface area contributed by atoms with Crippen molar-refractivity contribution in [3.05, 3.63) is 72.2 Å². The maximum absolute atomic E-state index is 11.9. The van der Waals surface area contributed by atoms with Gasteiger partial charge in [0, 0.05) is 12.7 Å². The first-order chi connectivity index (χ1) is 16.2. The number of nitrogens with zero attached hydrogens (tertiary/aromatic N) is 6. The van der Waals surface area contributed by atoms with Gasteiger partial charge in [-0.25, -0.2) is 14.5 Å². The third kappa shape index (κ3) is 4.00. The average molecular weight is 442 g/mol. The largest absolute Gasteiger partial charge is 0.479 e. The van der Waals surface area contributed by atoms with Crippen molar-refractivity contribution < 1.29 is 14.3 Å². The van der Waals surface area contributed by atoms with Crippen LogP contribution in [0.25, 0.3) is 27.8 Å². The fourth-order valence-corrected chi connectivity index (χ4v) is 3.75. The number of fused-ring (bicyclic) bond motifs is 2. The molecule has 0 bridgehead atoms. The second-order valence-corrected chi connectivity index (χ2v) is 7.46. The Morgan fingerprint density at radius 2 is 1.88 bits per heavy atom. The highest BCUT2D eigenvalue weighted by molar-refractivity contribution is 5.89. The summed E-state index contributed by atoms with van der Waals surface area (Å²) >= 11 is 0. The van der Waals surface area contributed by atoms with E-state index in [4.69, 9.17) is 9.47 Å². The number of hydrogen-bond acceptors (Lipinski definition) is 7. The number of hydrogen-bond donors (Lipinski definition) is 0. The lowest BCUT2D eigenvalue weighted by Crippen LogP contribution is -2.08. The molecule has 0 fully saturated rings. The van der Waals surface area contributed by atoms with E-state index in [0.29, 0.717) is 35.6 Å². The quantitative estimate of drug-likeness (QED) is 0.355. The Morgan fingerprint density at radius 1 is 1.03 bits per heavy atom. The fraction of sp³-hybridized carbons (Fsp3) is 0.208. The highest BCUT2D eigenvalue weighted by Gasteiger charge is 2.17. The SMILES string of the molecule is CCOC(=O)c1cnn(-c2nc(OC)c3c(cnn3CCc3ccc4ccccc4c3)n2)c1. The van der Waals surface area contributed by atoms with E-state index < -0.39 is 5.97 Å². The van der Waals surface area contributed by atoms with Crippen LogP contribution in [0, 0.1) is 0 Å². The van der Waals surface area contributed by atoms with Crippen molar-refractivity contribution in [1.82, 2.24) is 29.5 Å². The normalized spacial score (nSPS) is 11.2. The maximum atomic E-state index is 11.9. The van der Waals surface area contributed by atoms with Gasteiger partial charge in [-0.05, 0) is 29.7 Å². The Hall–Kier alpha value is -4.27. The Morgan fingerprint density at radius 3 is 2.70 bits per heavy atom. The van der Waals surface area contributed by atoms with Gasteiger partial charge in [-0.3, -0.25) is 4.68 Å². The standard InChI is InChI=1S/C24H22N6O3/c1-3-33-23(31)19-13-25-30(15-19)24-27-20-14-26-29(21(20)22(28-24)32-2)11-10-16-8-9-17-6-4-5-7-18(17)12-16/h4-9,12-15H,3,10-11H2,1-2H3. The van der Waals surface area contributed by atoms with Gasteiger partial charge < -0.3 is 9.47 Å². The van der Waals surface area contributed by atoms with Crippen molar-refractivity contribution in [1.29, 1.82) is 0 Å². The molecule has 0 unspecified atom stereocenters. The Bertz CT molecular complexity index is 1460. The molecule has 0 spiro atoms. The minimum atomic E-state index is -0.446. The number of aryl methyl sites for hydroxylation is 2. The van der Waals surface area contributed by atoms with Gasteiger partial charge in [-0.1, -0.05) is 42.5 Å². The molecule has 0 atom stereocenters. The highest BCUT2D eigenvalue weighted by atomic mass is 16.5. The summed E-state index contributed by atoms with van der Waals surface area (Å²) in [6.45, 7) is 2.69. The summed E-state index contributed by atoms with van der Waals surface area (Å²) in [4.78, 5) is 21.0. The number of ether oxygens (including phenoxy) is 2. The molecule has 0 aliphatic heterocycles. The summed E-state index contributed by atoms with van der Waals surface area (Å²) in [7, 11) is 1.55. The number of methoxy groups -OCH3 is 1. The molecule has 33 heavy (non-hydrogen) atoms. The van der Waals surface area contributed by atoms with Crippen LogP contribution in [0.3, 0.4) is 0 Å². The van der Waals surface area contributed by atoms with E-state index in [1.54, 1.807) is 20.2 Å². The molecule has 9 nitrogen and oxygen atoms in total. The molecule has 3 aromatic heterocycles. The van der Waals surface area contributed by atoms with Gasteiger partial charge in [-0.2, -0.15) is 15.2 Å². The molecule has 0 radical (unpaired) electrons. The molecular formula is C24H22N6O3. The van der Waals surface area contributed by atoms with Crippen molar-refractivity contribution >= 4 is 27.8 Å². The Balaban J connectivity index is 1.42. The summed E-state index contributed by atoms with van der Waals surface area (Å²) in [5.74, 6) is 0.224. The number of rotatable bonds is 7. The van der Waals surface area contributed by atoms with Crippen molar-refractivity contribution in [2.24, 2.45) is 0 Å². The summed E-state index contributed by atoms with van der Waals surface area (Å²) in [6.07, 6.45) is 5.43. The van der Waals surface area contributed by atoms with Gasteiger partial charge in [-0.15, -0.1) is 0 Å². The molecular weight excluding hydrogens is 420 g/mol. The third-order valence-electron chi connectivity index (χ3n) is 5.36. The summed E-state index contributed by atoms with van der Waals surface area (Å²) in [5.41, 5.74) is 2.88. The zero-order valence-electron chi connectivity index (χ0n) is 18.3. The van der Waals surface area contributed by atoms with Crippen LogP contribution in [0.4, 0.5) is 0 Å². The molecule has 5 rings (SSSR count). The molecule has 0 N–H and O–H groups in total. The summed E-state index contributed by atoms with van der Waals surface area (Å²) < 4.78 is 13.8. The molecule has 3 heterocycles. The zero-order valence-corrected chi connectivity index (χ0v) is 18.3. The molecule has 0 aliphatic carbocycles. The fourth-order valence-electron chi connectivity index (χ4n) is 3.75. The van der Waals surface area contributed by atoms with Crippen LogP contribution in [0.1, 0.15) is 22.8 Å². The lowest BCUT2D eigenvalue weighted by Gasteiger charge is -2.09. The lowest BCUT2D eigenvalue weighted by molar-refractivity contribution is 0.0526. The van der Waals surface area contributed by atoms with Crippen LogP contribution >= 0.6 is 0 Å². The average Bonchev–Trinajstić information content (AvgIpc) is 3.50. The van der Waals surface area contributed by atoms with Crippen LogP contribution in [0.5, 0.6) is 5.88 Å². The molecule has 0 saturated carbocycles. The van der Waals surface area contributed by atoms with E-state index >= 15 is 0 Å². The van der Waals surface area contributed by atoms with E-state index in [-0.39, 0.29) is 5.95 Å². The van der Waals surface area contributed by atoms with Gasteiger partial charge >= 0.3 is 5.97 Å². The van der Waals surface area contributed by atoms with E-state index in [2.05, 4.69) is 50.5 Å². The molecule has 9 heteroatoms. The van der Waals surface area contributed by atoms with E-state index in [9.17, 15) is 4.79 Å². The van der Waals surface area contributed by atoms with Crippen LogP contribution in [0.2, 0.25) is 0 Å². The number of esters is 1. The Kier molecular flexibility index (Phi) is 5.43. The number of carbonyl (C=O) groups excluding carboxylic acids is 1. The van der Waals surface area contributed by atoms with Crippen molar-refractivity contribution in [2.45, 2.75) is 19.9 Å². The second kappa shape index (κ2) is 8.70. The number of carbonyl (C=O) groups is 1. The van der Waals surface area contributed by atoms with Crippen LogP contribution in [0.15, 0.2) is 61.1 Å². The highest BCUT2D eigenvalue weighted by Crippen LogP contribution is 2.24. The lowest BCUT2D eigenvalue weighted by atomic mass is 10.1. The second-order valence-electron chi connectivity index (χ2n) is 7.46. The van der Waals surface area contributed by atoms with E-state index in [1.165, 1.54) is 33.4 Å². The molecule has 0 aliphatic rings. The first kappa shape index (κ1) is 20.6.